The van der Waals surface area contributed by atoms with Crippen molar-refractivity contribution in [2.45, 2.75) is 32.1 Å². The van der Waals surface area contributed by atoms with Gasteiger partial charge in [0.15, 0.2) is 0 Å². The zero-order valence-corrected chi connectivity index (χ0v) is 13.2. The number of rotatable bonds is 5. The second-order valence-electron chi connectivity index (χ2n) is 5.84. The fourth-order valence-electron chi connectivity index (χ4n) is 2.77. The Morgan fingerprint density at radius 1 is 1.50 bits per heavy atom. The number of hydrogen-bond acceptors (Lipinski definition) is 7. The van der Waals surface area contributed by atoms with E-state index in [0.29, 0.717) is 19.0 Å². The van der Waals surface area contributed by atoms with Crippen molar-refractivity contribution in [1.29, 1.82) is 0 Å². The van der Waals surface area contributed by atoms with Gasteiger partial charge in [0.05, 0.1) is 18.3 Å². The molecule has 0 aromatic carbocycles. The topological polar surface area (TPSA) is 108 Å². The van der Waals surface area contributed by atoms with E-state index in [1.54, 1.807) is 17.5 Å². The molecule has 9 heteroatoms. The lowest BCUT2D eigenvalue weighted by Crippen LogP contribution is -2.20. The first kappa shape index (κ1) is 14.9. The van der Waals surface area contributed by atoms with Gasteiger partial charge in [-0.25, -0.2) is 0 Å². The van der Waals surface area contributed by atoms with Crippen LogP contribution in [0.15, 0.2) is 6.20 Å². The average Bonchev–Trinajstić information content (AvgIpc) is 3.18. The molecule has 0 unspecified atom stereocenters. The van der Waals surface area contributed by atoms with Crippen molar-refractivity contribution in [3.8, 4) is 0 Å². The summed E-state index contributed by atoms with van der Waals surface area (Å²) in [4.78, 5) is 13.2. The summed E-state index contributed by atoms with van der Waals surface area (Å²) in [5, 5.41) is 30.0. The second kappa shape index (κ2) is 5.99. The zero-order chi connectivity index (χ0) is 15.7. The largest absolute Gasteiger partial charge is 0.481 e. The van der Waals surface area contributed by atoms with Crippen molar-refractivity contribution in [2.75, 3.05) is 18.0 Å². The first-order valence-corrected chi connectivity index (χ1v) is 8.02. The Morgan fingerprint density at radius 2 is 2.32 bits per heavy atom. The van der Waals surface area contributed by atoms with E-state index < -0.39 is 5.97 Å². The van der Waals surface area contributed by atoms with Crippen molar-refractivity contribution in [2.24, 2.45) is 5.92 Å². The number of anilines is 1. The van der Waals surface area contributed by atoms with Gasteiger partial charge in [-0.15, -0.1) is 10.2 Å². The lowest BCUT2D eigenvalue weighted by molar-refractivity contribution is -0.138. The molecule has 0 spiro atoms. The highest BCUT2D eigenvalue weighted by atomic mass is 32.1. The molecule has 0 amide bonds. The Bertz CT molecular complexity index is 641. The molecule has 0 aliphatic carbocycles. The Hall–Kier alpha value is -2.03. The van der Waals surface area contributed by atoms with E-state index in [9.17, 15) is 4.79 Å². The Morgan fingerprint density at radius 3 is 2.91 bits per heavy atom. The quantitative estimate of drug-likeness (QED) is 0.858. The molecule has 1 aliphatic rings. The summed E-state index contributed by atoms with van der Waals surface area (Å²) in [7, 11) is 0. The number of aromatic nitrogens is 5. The molecule has 0 saturated carbocycles. The zero-order valence-electron chi connectivity index (χ0n) is 12.4. The van der Waals surface area contributed by atoms with Crippen LogP contribution in [-0.2, 0) is 4.79 Å². The molecular weight excluding hydrogens is 304 g/mol. The van der Waals surface area contributed by atoms with Gasteiger partial charge < -0.3 is 10.0 Å². The number of aromatic amines is 1. The fourth-order valence-corrected chi connectivity index (χ4v) is 3.63. The minimum atomic E-state index is -0.791. The summed E-state index contributed by atoms with van der Waals surface area (Å²) in [5.41, 5.74) is 0.808. The third-order valence-electron chi connectivity index (χ3n) is 3.89. The molecule has 0 radical (unpaired) electrons. The van der Waals surface area contributed by atoms with Crippen LogP contribution >= 0.6 is 11.3 Å². The van der Waals surface area contributed by atoms with E-state index in [4.69, 9.17) is 5.11 Å². The van der Waals surface area contributed by atoms with Crippen molar-refractivity contribution in [1.82, 2.24) is 25.6 Å². The van der Waals surface area contributed by atoms with Crippen molar-refractivity contribution >= 4 is 22.4 Å². The standard InChI is InChI=1S/C13H18N6O2S/c1-7(2)12-16-17-13(22-12)19-5-8(3-11(20)21)9(6-19)10-4-14-18-15-10/h4,7-9H,3,5-6H2,1-2H3,(H,20,21)(H,14,15,18)/t8-,9+/m1/s1. The Kier molecular flexibility index (Phi) is 4.06. The van der Waals surface area contributed by atoms with Crippen molar-refractivity contribution in [3.63, 3.8) is 0 Å². The van der Waals surface area contributed by atoms with E-state index in [0.717, 1.165) is 15.8 Å². The average molecular weight is 322 g/mol. The van der Waals surface area contributed by atoms with Crippen LogP contribution in [0.1, 0.15) is 42.8 Å². The number of H-pyrrole nitrogens is 1. The van der Waals surface area contributed by atoms with Crippen LogP contribution in [0, 0.1) is 5.92 Å². The molecule has 1 aliphatic heterocycles. The number of nitrogens with zero attached hydrogens (tertiary/aromatic N) is 5. The SMILES string of the molecule is CC(C)c1nnc(N2C[C@@H](CC(=O)O)[C@@H](c3cn[nH]n3)C2)s1. The highest BCUT2D eigenvalue weighted by molar-refractivity contribution is 7.15. The minimum absolute atomic E-state index is 0.00556. The molecule has 1 saturated heterocycles. The summed E-state index contributed by atoms with van der Waals surface area (Å²) < 4.78 is 0. The van der Waals surface area contributed by atoms with Gasteiger partial charge in [-0.1, -0.05) is 25.2 Å². The summed E-state index contributed by atoms with van der Waals surface area (Å²) in [6.07, 6.45) is 1.78. The molecule has 118 valence electrons. The molecule has 22 heavy (non-hydrogen) atoms. The number of carboxylic acid groups (broad SMARTS) is 1. The number of nitrogens with one attached hydrogen (secondary N) is 1. The third kappa shape index (κ3) is 2.94. The lowest BCUT2D eigenvalue weighted by atomic mass is 9.91. The molecule has 1 fully saturated rings. The fraction of sp³-hybridized carbons (Fsp3) is 0.615. The van der Waals surface area contributed by atoms with Gasteiger partial charge in [0, 0.05) is 24.9 Å². The second-order valence-corrected chi connectivity index (χ2v) is 6.83. The molecule has 3 heterocycles. The first-order valence-electron chi connectivity index (χ1n) is 7.20. The van der Waals surface area contributed by atoms with Crippen LogP contribution in [0.3, 0.4) is 0 Å². The van der Waals surface area contributed by atoms with Gasteiger partial charge >= 0.3 is 5.97 Å². The summed E-state index contributed by atoms with van der Waals surface area (Å²) in [5.74, 6) is -0.411. The summed E-state index contributed by atoms with van der Waals surface area (Å²) in [6, 6.07) is 0. The smallest absolute Gasteiger partial charge is 0.303 e. The van der Waals surface area contributed by atoms with Gasteiger partial charge in [-0.2, -0.15) is 15.4 Å². The maximum absolute atomic E-state index is 11.1. The van der Waals surface area contributed by atoms with E-state index in [-0.39, 0.29) is 18.3 Å². The monoisotopic (exact) mass is 322 g/mol. The van der Waals surface area contributed by atoms with Crippen molar-refractivity contribution in [3.05, 3.63) is 16.9 Å². The predicted octanol–water partition coefficient (Wildman–Crippen LogP) is 1.47. The van der Waals surface area contributed by atoms with Gasteiger partial charge in [0.2, 0.25) is 5.13 Å². The van der Waals surface area contributed by atoms with E-state index >= 15 is 0 Å². The molecule has 2 aromatic heterocycles. The van der Waals surface area contributed by atoms with Crippen LogP contribution < -0.4 is 4.90 Å². The first-order chi connectivity index (χ1) is 10.5. The number of hydrogen-bond donors (Lipinski definition) is 2. The van der Waals surface area contributed by atoms with Crippen LogP contribution in [0.5, 0.6) is 0 Å². The predicted molar refractivity (Wildman–Crippen MR) is 81.1 cm³/mol. The summed E-state index contributed by atoms with van der Waals surface area (Å²) >= 11 is 1.57. The molecule has 2 N–H and O–H groups in total. The van der Waals surface area contributed by atoms with Crippen molar-refractivity contribution < 1.29 is 9.90 Å². The molecule has 8 nitrogen and oxygen atoms in total. The molecular formula is C13H18N6O2S. The Labute approximate surface area is 131 Å². The number of aliphatic carboxylic acids is 1. The molecule has 2 atom stereocenters. The normalized spacial score (nSPS) is 21.7. The van der Waals surface area contributed by atoms with Gasteiger partial charge in [0.25, 0.3) is 0 Å². The lowest BCUT2D eigenvalue weighted by Gasteiger charge is -2.13. The van der Waals surface area contributed by atoms with Crippen LogP contribution in [-0.4, -0.2) is 49.8 Å². The van der Waals surface area contributed by atoms with Gasteiger partial charge in [-0.3, -0.25) is 4.79 Å². The maximum atomic E-state index is 11.1. The third-order valence-corrected chi connectivity index (χ3v) is 5.17. The molecule has 3 rings (SSSR count). The van der Waals surface area contributed by atoms with E-state index in [1.165, 1.54) is 0 Å². The maximum Gasteiger partial charge on any atom is 0.303 e. The van der Waals surface area contributed by atoms with Crippen LogP contribution in [0.2, 0.25) is 0 Å². The van der Waals surface area contributed by atoms with E-state index in [1.807, 2.05) is 0 Å². The minimum Gasteiger partial charge on any atom is -0.481 e. The number of carboxylic acids is 1. The number of carbonyl (C=O) groups is 1. The van der Waals surface area contributed by atoms with Gasteiger partial charge in [0.1, 0.15) is 5.01 Å². The van der Waals surface area contributed by atoms with Gasteiger partial charge in [-0.05, 0) is 5.92 Å². The molecule has 0 bridgehead atoms. The highest BCUT2D eigenvalue weighted by Crippen LogP contribution is 2.37. The Balaban J connectivity index is 1.81. The van der Waals surface area contributed by atoms with E-state index in [2.05, 4.69) is 44.4 Å². The summed E-state index contributed by atoms with van der Waals surface area (Å²) in [6.45, 7) is 5.51. The van der Waals surface area contributed by atoms with Crippen LogP contribution in [0.25, 0.3) is 0 Å². The highest BCUT2D eigenvalue weighted by Gasteiger charge is 2.38. The van der Waals surface area contributed by atoms with Crippen LogP contribution in [0.4, 0.5) is 5.13 Å². The molecule has 2 aromatic rings.